The molecule has 2 aromatic rings. The average molecular weight is 505 g/mol. The molecule has 2 aliphatic carbocycles. The highest BCUT2D eigenvalue weighted by atomic mass is 16.2. The molecular formula is C29H40N6O2. The Hall–Kier alpha value is -2.87. The number of aryl methyl sites for hydroxylation is 1. The zero-order valence-corrected chi connectivity index (χ0v) is 22.7. The second kappa shape index (κ2) is 9.46. The second-order valence-electron chi connectivity index (χ2n) is 11.6. The number of benzene rings is 1. The molecule has 4 atom stereocenters. The molecule has 37 heavy (non-hydrogen) atoms. The number of piperidine rings is 1. The quantitative estimate of drug-likeness (QED) is 0.678. The molecule has 0 radical (unpaired) electrons. The van der Waals surface area contributed by atoms with Crippen LogP contribution in [-0.4, -0.2) is 83.8 Å². The summed E-state index contributed by atoms with van der Waals surface area (Å²) in [7, 11) is 1.97. The lowest BCUT2D eigenvalue weighted by Crippen LogP contribution is -2.50. The number of nitrogens with zero attached hydrogens (tertiary/aromatic N) is 5. The highest BCUT2D eigenvalue weighted by Gasteiger charge is 2.56. The minimum absolute atomic E-state index is 0.0456. The van der Waals surface area contributed by atoms with Crippen LogP contribution in [-0.2, 0) is 17.8 Å². The van der Waals surface area contributed by atoms with Crippen LogP contribution in [0.15, 0.2) is 18.2 Å². The number of piperazine rings is 1. The molecule has 1 aromatic carbocycles. The number of likely N-dealkylation sites (tertiary alicyclic amines) is 1. The summed E-state index contributed by atoms with van der Waals surface area (Å²) in [5.41, 5.74) is 6.76. The van der Waals surface area contributed by atoms with Gasteiger partial charge in [-0.25, -0.2) is 0 Å². The van der Waals surface area contributed by atoms with Gasteiger partial charge in [0, 0.05) is 62.3 Å². The third-order valence-corrected chi connectivity index (χ3v) is 9.58. The van der Waals surface area contributed by atoms with Gasteiger partial charge in [-0.2, -0.15) is 5.10 Å². The van der Waals surface area contributed by atoms with E-state index in [2.05, 4.69) is 49.2 Å². The summed E-state index contributed by atoms with van der Waals surface area (Å²) in [5.74, 6) is 1.80. The maximum atomic E-state index is 13.6. The summed E-state index contributed by atoms with van der Waals surface area (Å²) in [4.78, 5) is 33.4. The highest BCUT2D eigenvalue weighted by molar-refractivity contribution is 5.95. The van der Waals surface area contributed by atoms with Crippen molar-refractivity contribution >= 4 is 17.5 Å². The van der Waals surface area contributed by atoms with E-state index in [4.69, 9.17) is 5.10 Å². The van der Waals surface area contributed by atoms with Crippen LogP contribution in [0.1, 0.15) is 58.6 Å². The van der Waals surface area contributed by atoms with E-state index < -0.39 is 0 Å². The lowest BCUT2D eigenvalue weighted by molar-refractivity contribution is -0.132. The van der Waals surface area contributed by atoms with Gasteiger partial charge in [-0.1, -0.05) is 19.1 Å². The summed E-state index contributed by atoms with van der Waals surface area (Å²) in [6.07, 6.45) is 3.04. The smallest absolute Gasteiger partial charge is 0.274 e. The first kappa shape index (κ1) is 24.5. The predicted molar refractivity (Wildman–Crippen MR) is 144 cm³/mol. The number of nitrogens with one attached hydrogen (secondary N) is 1. The number of amides is 2. The first-order valence-corrected chi connectivity index (χ1v) is 14.0. The largest absolute Gasteiger partial charge is 0.368 e. The minimum atomic E-state index is 0.0456. The molecule has 2 amide bonds. The van der Waals surface area contributed by atoms with Crippen LogP contribution in [0.25, 0.3) is 0 Å². The first-order chi connectivity index (χ1) is 17.9. The lowest BCUT2D eigenvalue weighted by atomic mass is 10.0. The number of hydrogen-bond donors (Lipinski definition) is 1. The van der Waals surface area contributed by atoms with E-state index in [0.29, 0.717) is 42.6 Å². The molecule has 3 heterocycles. The maximum absolute atomic E-state index is 13.6. The molecule has 1 aromatic heterocycles. The van der Waals surface area contributed by atoms with Crippen LogP contribution < -0.4 is 10.2 Å². The number of rotatable bonds is 5. The van der Waals surface area contributed by atoms with Gasteiger partial charge in [0.15, 0.2) is 5.69 Å². The van der Waals surface area contributed by atoms with E-state index in [1.54, 1.807) is 0 Å². The van der Waals surface area contributed by atoms with E-state index >= 15 is 0 Å². The van der Waals surface area contributed by atoms with Crippen LogP contribution in [0.2, 0.25) is 0 Å². The molecule has 0 bridgehead atoms. The SMILES string of the molecule is CN[C@H]1CCCN(C(=O)c2nn(CC(=O)N3CCN(c4cccc(C)c4C)CC3)c3c2C2C(C)C2C3)C1. The Morgan fingerprint density at radius 3 is 2.62 bits per heavy atom. The summed E-state index contributed by atoms with van der Waals surface area (Å²) in [6.45, 7) is 11.4. The maximum Gasteiger partial charge on any atom is 0.274 e. The van der Waals surface area contributed by atoms with Crippen molar-refractivity contribution in [3.05, 3.63) is 46.3 Å². The Kier molecular flexibility index (Phi) is 6.25. The van der Waals surface area contributed by atoms with Crippen molar-refractivity contribution in [1.29, 1.82) is 0 Å². The zero-order chi connectivity index (χ0) is 25.8. The van der Waals surface area contributed by atoms with E-state index in [1.807, 2.05) is 21.5 Å². The first-order valence-electron chi connectivity index (χ1n) is 14.0. The second-order valence-corrected chi connectivity index (χ2v) is 11.6. The van der Waals surface area contributed by atoms with Crippen LogP contribution in [0, 0.1) is 25.7 Å². The number of aromatic nitrogens is 2. The van der Waals surface area contributed by atoms with Crippen molar-refractivity contribution in [2.45, 2.75) is 58.5 Å². The van der Waals surface area contributed by atoms with Crippen LogP contribution in [0.3, 0.4) is 0 Å². The normalized spacial score (nSPS) is 26.8. The van der Waals surface area contributed by atoms with Crippen molar-refractivity contribution in [2.75, 3.05) is 51.2 Å². The van der Waals surface area contributed by atoms with Gasteiger partial charge in [-0.3, -0.25) is 14.3 Å². The minimum Gasteiger partial charge on any atom is -0.368 e. The Balaban J connectivity index is 1.16. The third-order valence-electron chi connectivity index (χ3n) is 9.58. The number of fused-ring (bicyclic) bond motifs is 3. The molecule has 1 saturated carbocycles. The fraction of sp³-hybridized carbons (Fsp3) is 0.621. The van der Waals surface area contributed by atoms with Gasteiger partial charge in [0.05, 0.1) is 0 Å². The van der Waals surface area contributed by atoms with Gasteiger partial charge in [0.1, 0.15) is 6.54 Å². The van der Waals surface area contributed by atoms with E-state index in [9.17, 15) is 9.59 Å². The molecule has 3 unspecified atom stereocenters. The third kappa shape index (κ3) is 4.23. The van der Waals surface area contributed by atoms with Crippen LogP contribution in [0.5, 0.6) is 0 Å². The van der Waals surface area contributed by atoms with Crippen LogP contribution in [0.4, 0.5) is 5.69 Å². The molecule has 2 saturated heterocycles. The molecule has 3 fully saturated rings. The Labute approximate surface area is 220 Å². The van der Waals surface area contributed by atoms with Crippen molar-refractivity contribution < 1.29 is 9.59 Å². The topological polar surface area (TPSA) is 73.7 Å². The van der Waals surface area contributed by atoms with Crippen molar-refractivity contribution in [3.63, 3.8) is 0 Å². The van der Waals surface area contributed by atoms with E-state index in [0.717, 1.165) is 56.7 Å². The van der Waals surface area contributed by atoms with Gasteiger partial charge >= 0.3 is 0 Å². The fourth-order valence-corrected chi connectivity index (χ4v) is 6.97. The van der Waals surface area contributed by atoms with E-state index in [-0.39, 0.29) is 18.4 Å². The molecule has 8 nitrogen and oxygen atoms in total. The Morgan fingerprint density at radius 1 is 1.08 bits per heavy atom. The standard InChI is InChI=1S/C29H40N6O2/c1-18-7-5-9-23(19(18)2)32-11-13-33(14-12-32)25(36)17-35-24-15-22-20(3)26(22)27(24)28(31-35)29(37)34-10-6-8-21(16-34)30-4/h5,7,9,20-22,26,30H,6,8,10-17H2,1-4H3/t20?,21-,22?,26?/m0/s1. The molecule has 8 heteroatoms. The highest BCUT2D eigenvalue weighted by Crippen LogP contribution is 2.62. The molecule has 6 rings (SSSR count). The summed E-state index contributed by atoms with van der Waals surface area (Å²) < 4.78 is 1.88. The van der Waals surface area contributed by atoms with Crippen molar-refractivity contribution in [3.8, 4) is 0 Å². The van der Waals surface area contributed by atoms with Gasteiger partial charge < -0.3 is 20.0 Å². The summed E-state index contributed by atoms with van der Waals surface area (Å²) >= 11 is 0. The predicted octanol–water partition coefficient (Wildman–Crippen LogP) is 2.58. The van der Waals surface area contributed by atoms with Crippen molar-refractivity contribution in [1.82, 2.24) is 24.9 Å². The van der Waals surface area contributed by atoms with Gasteiger partial charge in [-0.05, 0) is 75.1 Å². The number of carbonyl (C=O) groups is 2. The van der Waals surface area contributed by atoms with E-state index in [1.165, 1.54) is 16.8 Å². The lowest BCUT2D eigenvalue weighted by Gasteiger charge is -2.37. The number of carbonyl (C=O) groups excluding carboxylic acids is 2. The average Bonchev–Trinajstić information content (AvgIpc) is 3.23. The molecule has 198 valence electrons. The molecule has 0 spiro atoms. The number of likely N-dealkylation sites (N-methyl/N-ethyl adjacent to an activating group) is 1. The molecule has 2 aliphatic heterocycles. The van der Waals surface area contributed by atoms with Gasteiger partial charge in [-0.15, -0.1) is 0 Å². The van der Waals surface area contributed by atoms with Crippen molar-refractivity contribution in [2.24, 2.45) is 11.8 Å². The molecule has 1 N–H and O–H groups in total. The Morgan fingerprint density at radius 2 is 1.86 bits per heavy atom. The monoisotopic (exact) mass is 504 g/mol. The van der Waals surface area contributed by atoms with Gasteiger partial charge in [0.25, 0.3) is 5.91 Å². The molecule has 4 aliphatic rings. The Bertz CT molecular complexity index is 1210. The summed E-state index contributed by atoms with van der Waals surface area (Å²) in [5, 5.41) is 8.17. The molecular weight excluding hydrogens is 464 g/mol. The summed E-state index contributed by atoms with van der Waals surface area (Å²) in [6, 6.07) is 6.78. The number of anilines is 1. The van der Waals surface area contributed by atoms with Gasteiger partial charge in [0.2, 0.25) is 5.91 Å². The van der Waals surface area contributed by atoms with Crippen LogP contribution >= 0.6 is 0 Å². The number of hydrogen-bond acceptors (Lipinski definition) is 5. The fourth-order valence-electron chi connectivity index (χ4n) is 6.97. The zero-order valence-electron chi connectivity index (χ0n) is 22.7.